The highest BCUT2D eigenvalue weighted by Crippen LogP contribution is 2.36. The first-order valence-corrected chi connectivity index (χ1v) is 9.70. The minimum Gasteiger partial charge on any atom is -0.497 e. The summed E-state index contributed by atoms with van der Waals surface area (Å²) < 4.78 is 11.6. The van der Waals surface area contributed by atoms with Crippen LogP contribution < -0.4 is 10.1 Å². The Kier molecular flexibility index (Phi) is 5.27. The van der Waals surface area contributed by atoms with Crippen molar-refractivity contribution in [2.24, 2.45) is 0 Å². The lowest BCUT2D eigenvalue weighted by atomic mass is 9.88. The van der Waals surface area contributed by atoms with Crippen molar-refractivity contribution in [3.05, 3.63) is 47.7 Å². The average Bonchev–Trinajstić information content (AvgIpc) is 3.06. The van der Waals surface area contributed by atoms with E-state index < -0.39 is 0 Å². The summed E-state index contributed by atoms with van der Waals surface area (Å²) in [6, 6.07) is 12.6. The lowest BCUT2D eigenvalue weighted by Crippen LogP contribution is -2.47. The predicted molar refractivity (Wildman–Crippen MR) is 105 cm³/mol. The molecular formula is C21H28N4O2. The lowest BCUT2D eigenvalue weighted by Gasteiger charge is -2.39. The molecule has 0 aliphatic carbocycles. The molecule has 0 amide bonds. The Balaban J connectivity index is 1.35. The van der Waals surface area contributed by atoms with Gasteiger partial charge in [0.15, 0.2) is 0 Å². The first-order chi connectivity index (χ1) is 13.1. The van der Waals surface area contributed by atoms with Crippen molar-refractivity contribution in [1.29, 1.82) is 0 Å². The second-order valence-electron chi connectivity index (χ2n) is 7.76. The molecule has 0 bridgehead atoms. The van der Waals surface area contributed by atoms with Gasteiger partial charge in [-0.1, -0.05) is 12.1 Å². The maximum absolute atomic E-state index is 6.32. The Hall–Kier alpha value is -2.18. The summed E-state index contributed by atoms with van der Waals surface area (Å²) in [6.07, 6.45) is 3.32. The number of nitrogens with zero attached hydrogens (tertiary/aromatic N) is 3. The zero-order valence-electron chi connectivity index (χ0n) is 16.1. The van der Waals surface area contributed by atoms with Crippen molar-refractivity contribution in [2.45, 2.75) is 44.4 Å². The molecule has 6 nitrogen and oxygen atoms in total. The van der Waals surface area contributed by atoms with Crippen LogP contribution in [0.25, 0.3) is 0 Å². The Morgan fingerprint density at radius 1 is 1.22 bits per heavy atom. The van der Waals surface area contributed by atoms with Crippen LogP contribution in [0.5, 0.6) is 5.75 Å². The average molecular weight is 368 g/mol. The standard InChI is InChI=1S/C21H28N4O2/c1-16-4-9-20(24-23-16)22-18-12-21(27-14-18)10-3-11-25(15-21)13-17-5-7-19(26-2)8-6-17/h4-9,18H,3,10-15H2,1-2H3,(H,22,24). The third kappa shape index (κ3) is 4.39. The molecule has 2 saturated heterocycles. The van der Waals surface area contributed by atoms with E-state index in [1.54, 1.807) is 7.11 Å². The summed E-state index contributed by atoms with van der Waals surface area (Å²) in [6.45, 7) is 5.74. The molecule has 2 atom stereocenters. The smallest absolute Gasteiger partial charge is 0.148 e. The molecule has 2 aliphatic rings. The predicted octanol–water partition coefficient (Wildman–Crippen LogP) is 3.03. The van der Waals surface area contributed by atoms with E-state index in [9.17, 15) is 0 Å². The Bertz CT molecular complexity index is 750. The van der Waals surface area contributed by atoms with Gasteiger partial charge in [0, 0.05) is 19.5 Å². The fourth-order valence-corrected chi connectivity index (χ4v) is 4.22. The molecule has 1 aromatic carbocycles. The van der Waals surface area contributed by atoms with Crippen molar-refractivity contribution in [3.8, 4) is 5.75 Å². The topological polar surface area (TPSA) is 59.5 Å². The van der Waals surface area contributed by atoms with E-state index in [2.05, 4.69) is 32.5 Å². The highest BCUT2D eigenvalue weighted by Gasteiger charge is 2.43. The van der Waals surface area contributed by atoms with Gasteiger partial charge in [-0.05, 0) is 56.1 Å². The first kappa shape index (κ1) is 18.2. The minimum absolute atomic E-state index is 0.0412. The molecule has 0 saturated carbocycles. The van der Waals surface area contributed by atoms with Crippen LogP contribution >= 0.6 is 0 Å². The van der Waals surface area contributed by atoms with Crippen molar-refractivity contribution in [2.75, 3.05) is 32.1 Å². The highest BCUT2D eigenvalue weighted by molar-refractivity contribution is 5.34. The fraction of sp³-hybridized carbons (Fsp3) is 0.524. The minimum atomic E-state index is -0.0412. The zero-order chi connectivity index (χ0) is 18.7. The molecule has 144 valence electrons. The van der Waals surface area contributed by atoms with Gasteiger partial charge in [-0.3, -0.25) is 4.90 Å². The SMILES string of the molecule is COc1ccc(CN2CCCC3(CC(Nc4ccc(C)nn4)CO3)C2)cc1. The molecular weight excluding hydrogens is 340 g/mol. The summed E-state index contributed by atoms with van der Waals surface area (Å²) in [5.74, 6) is 1.73. The Morgan fingerprint density at radius 3 is 2.81 bits per heavy atom. The van der Waals surface area contributed by atoms with Crippen LogP contribution in [0.15, 0.2) is 36.4 Å². The number of rotatable bonds is 5. The number of methoxy groups -OCH3 is 1. The third-order valence-corrected chi connectivity index (χ3v) is 5.54. The second-order valence-corrected chi connectivity index (χ2v) is 7.76. The van der Waals surface area contributed by atoms with Gasteiger partial charge in [-0.25, -0.2) is 0 Å². The van der Waals surface area contributed by atoms with E-state index >= 15 is 0 Å². The number of anilines is 1. The number of aromatic nitrogens is 2. The van der Waals surface area contributed by atoms with E-state index in [1.165, 1.54) is 12.0 Å². The van der Waals surface area contributed by atoms with Gasteiger partial charge in [-0.15, -0.1) is 5.10 Å². The molecule has 2 fully saturated rings. The number of benzene rings is 1. The molecule has 4 rings (SSSR count). The van der Waals surface area contributed by atoms with Crippen molar-refractivity contribution < 1.29 is 9.47 Å². The van der Waals surface area contributed by atoms with Crippen LogP contribution in [-0.4, -0.2) is 53.5 Å². The third-order valence-electron chi connectivity index (χ3n) is 5.54. The van der Waals surface area contributed by atoms with E-state index in [0.717, 1.165) is 56.3 Å². The summed E-state index contributed by atoms with van der Waals surface area (Å²) in [5, 5.41) is 11.8. The number of hydrogen-bond acceptors (Lipinski definition) is 6. The first-order valence-electron chi connectivity index (χ1n) is 9.70. The summed E-state index contributed by atoms with van der Waals surface area (Å²) in [5.41, 5.74) is 2.21. The molecule has 0 radical (unpaired) electrons. The maximum atomic E-state index is 6.32. The normalized spacial score (nSPS) is 25.6. The molecule has 1 N–H and O–H groups in total. The molecule has 2 aromatic rings. The van der Waals surface area contributed by atoms with Crippen LogP contribution in [0.2, 0.25) is 0 Å². The largest absolute Gasteiger partial charge is 0.497 e. The quantitative estimate of drug-likeness (QED) is 0.875. The van der Waals surface area contributed by atoms with E-state index in [-0.39, 0.29) is 5.60 Å². The number of likely N-dealkylation sites (tertiary alicyclic amines) is 1. The summed E-state index contributed by atoms with van der Waals surface area (Å²) in [4.78, 5) is 2.51. The molecule has 1 aromatic heterocycles. The van der Waals surface area contributed by atoms with Gasteiger partial charge >= 0.3 is 0 Å². The second kappa shape index (κ2) is 7.82. The summed E-state index contributed by atoms with van der Waals surface area (Å²) in [7, 11) is 1.70. The number of piperidine rings is 1. The molecule has 3 heterocycles. The van der Waals surface area contributed by atoms with Crippen molar-refractivity contribution in [3.63, 3.8) is 0 Å². The van der Waals surface area contributed by atoms with Gasteiger partial charge in [0.2, 0.25) is 0 Å². The van der Waals surface area contributed by atoms with Crippen LogP contribution in [0.3, 0.4) is 0 Å². The Morgan fingerprint density at radius 2 is 2.07 bits per heavy atom. The van der Waals surface area contributed by atoms with Gasteiger partial charge in [0.05, 0.1) is 31.1 Å². The molecule has 1 spiro atoms. The monoisotopic (exact) mass is 368 g/mol. The maximum Gasteiger partial charge on any atom is 0.148 e. The van der Waals surface area contributed by atoms with Gasteiger partial charge in [0.25, 0.3) is 0 Å². The summed E-state index contributed by atoms with van der Waals surface area (Å²) >= 11 is 0. The van der Waals surface area contributed by atoms with Gasteiger partial charge in [-0.2, -0.15) is 5.10 Å². The van der Waals surface area contributed by atoms with Gasteiger partial charge < -0.3 is 14.8 Å². The van der Waals surface area contributed by atoms with Gasteiger partial charge in [0.1, 0.15) is 11.6 Å². The molecule has 6 heteroatoms. The van der Waals surface area contributed by atoms with E-state index in [4.69, 9.17) is 9.47 Å². The van der Waals surface area contributed by atoms with E-state index in [0.29, 0.717) is 6.04 Å². The molecule has 2 aliphatic heterocycles. The highest BCUT2D eigenvalue weighted by atomic mass is 16.5. The number of aryl methyl sites for hydroxylation is 1. The number of ether oxygens (including phenoxy) is 2. The fourth-order valence-electron chi connectivity index (χ4n) is 4.22. The van der Waals surface area contributed by atoms with Crippen molar-refractivity contribution >= 4 is 5.82 Å². The van der Waals surface area contributed by atoms with Crippen LogP contribution in [0, 0.1) is 6.92 Å². The zero-order valence-corrected chi connectivity index (χ0v) is 16.1. The molecule has 27 heavy (non-hydrogen) atoms. The van der Waals surface area contributed by atoms with Crippen molar-refractivity contribution in [1.82, 2.24) is 15.1 Å². The van der Waals surface area contributed by atoms with Crippen LogP contribution in [-0.2, 0) is 11.3 Å². The molecule has 2 unspecified atom stereocenters. The Labute approximate surface area is 160 Å². The lowest BCUT2D eigenvalue weighted by molar-refractivity contribution is -0.0533. The van der Waals surface area contributed by atoms with Crippen LogP contribution in [0.4, 0.5) is 5.82 Å². The van der Waals surface area contributed by atoms with Crippen LogP contribution in [0.1, 0.15) is 30.5 Å². The number of hydrogen-bond donors (Lipinski definition) is 1. The number of nitrogens with one attached hydrogen (secondary N) is 1. The van der Waals surface area contributed by atoms with E-state index in [1.807, 2.05) is 31.2 Å².